The molecule has 3 aliphatic heterocycles. The summed E-state index contributed by atoms with van der Waals surface area (Å²) in [6.45, 7) is 30.1. The largest absolute Gasteiger partial charge is 0.363 e. The highest BCUT2D eigenvalue weighted by Crippen LogP contribution is 2.08. The molecule has 0 amide bonds. The molecule has 232 valence electrons. The molecule has 0 atom stereocenters. The zero-order valence-electron chi connectivity index (χ0n) is 25.2. The number of ether oxygens (including phenoxy) is 3. The Morgan fingerprint density at radius 1 is 0.474 bits per heavy atom. The maximum absolute atomic E-state index is 5.56. The van der Waals surface area contributed by atoms with E-state index < -0.39 is 0 Å². The molecule has 0 aliphatic carbocycles. The lowest BCUT2D eigenvalue weighted by Crippen LogP contribution is -2.47. The van der Waals surface area contributed by atoms with Crippen molar-refractivity contribution >= 4 is 0 Å². The smallest absolute Gasteiger partial charge is 0.0994 e. The first kappa shape index (κ1) is 39.8. The van der Waals surface area contributed by atoms with Crippen LogP contribution in [0.15, 0.2) is 0 Å². The van der Waals surface area contributed by atoms with Gasteiger partial charge >= 0.3 is 0 Å². The molecule has 3 heterocycles. The minimum atomic E-state index is 0. The van der Waals surface area contributed by atoms with Gasteiger partial charge in [0.25, 0.3) is 0 Å². The Labute approximate surface area is 238 Å². The number of hydrogen-bond donors (Lipinski definition) is 0. The lowest BCUT2D eigenvalue weighted by atomic mass is 10.1. The third-order valence-electron chi connectivity index (χ3n) is 6.73. The maximum Gasteiger partial charge on any atom is 0.0994 e. The van der Waals surface area contributed by atoms with E-state index in [1.807, 2.05) is 0 Å². The van der Waals surface area contributed by atoms with Gasteiger partial charge in [0.2, 0.25) is 0 Å². The second-order valence-electron chi connectivity index (χ2n) is 11.2. The van der Waals surface area contributed by atoms with Gasteiger partial charge in [0, 0.05) is 65.4 Å². The highest BCUT2D eigenvalue weighted by molar-refractivity contribution is 4.69. The number of likely N-dealkylation sites (N-methyl/N-ethyl adjacent to an activating group) is 2. The summed E-state index contributed by atoms with van der Waals surface area (Å²) in [4.78, 5) is 12.0. The summed E-state index contributed by atoms with van der Waals surface area (Å²) < 4.78 is 16.6. The molecule has 3 fully saturated rings. The molecule has 0 aromatic heterocycles. The van der Waals surface area contributed by atoms with Crippen LogP contribution in [0.25, 0.3) is 0 Å². The Morgan fingerprint density at radius 3 is 1.13 bits per heavy atom. The van der Waals surface area contributed by atoms with Crippen molar-refractivity contribution in [3.63, 3.8) is 0 Å². The molecule has 0 saturated carbocycles. The summed E-state index contributed by atoms with van der Waals surface area (Å²) in [5.74, 6) is 0. The van der Waals surface area contributed by atoms with Gasteiger partial charge in [0.05, 0.1) is 38.5 Å². The summed E-state index contributed by atoms with van der Waals surface area (Å²) in [5, 5.41) is 0. The molecule has 0 bridgehead atoms. The molecule has 3 aliphatic rings. The molecular formula is C30H69N5O3. The molecule has 0 aromatic carbocycles. The van der Waals surface area contributed by atoms with E-state index in [2.05, 4.69) is 80.0 Å². The monoisotopic (exact) mass is 548 g/mol. The fraction of sp³-hybridized carbons (Fsp3) is 1.00. The molecule has 0 unspecified atom stereocenters. The summed E-state index contributed by atoms with van der Waals surface area (Å²) in [6.07, 6.45) is 5.17. The molecule has 0 N–H and O–H groups in total. The van der Waals surface area contributed by atoms with E-state index in [1.54, 1.807) is 0 Å². The van der Waals surface area contributed by atoms with E-state index in [4.69, 9.17) is 14.2 Å². The van der Waals surface area contributed by atoms with E-state index >= 15 is 0 Å². The van der Waals surface area contributed by atoms with Crippen LogP contribution in [0.4, 0.5) is 0 Å². The molecule has 0 spiro atoms. The van der Waals surface area contributed by atoms with Crippen molar-refractivity contribution < 1.29 is 14.2 Å². The van der Waals surface area contributed by atoms with Crippen molar-refractivity contribution in [1.29, 1.82) is 0 Å². The minimum Gasteiger partial charge on any atom is -0.363 e. The van der Waals surface area contributed by atoms with Gasteiger partial charge in [0.15, 0.2) is 0 Å². The lowest BCUT2D eigenvalue weighted by Gasteiger charge is -2.33. The van der Waals surface area contributed by atoms with Crippen molar-refractivity contribution in [2.45, 2.75) is 101 Å². The van der Waals surface area contributed by atoms with Crippen molar-refractivity contribution in [3.05, 3.63) is 0 Å². The Balaban J connectivity index is 0. The molecule has 3 saturated heterocycles. The first-order valence-corrected chi connectivity index (χ1v) is 14.6. The van der Waals surface area contributed by atoms with Crippen LogP contribution < -0.4 is 0 Å². The third kappa shape index (κ3) is 21.5. The standard InChI is InChI=1S/C10H22N2O.C9H20N2O.C9H19NO.2CH4/c1-4-11-5-7-12(8-6-11)9-13-10(2)3;1-9(2)12-8-11-6-4-10(3)5-7-11;1-9(2)11-8-10-6-4-3-5-7-10;;/h10H,4-9H2,1-3H3;9H,4-8H2,1-3H3;9H,3-8H2,1-2H3;2*1H4. The predicted molar refractivity (Wildman–Crippen MR) is 165 cm³/mol. The number of nitrogens with zero attached hydrogens (tertiary/aromatic N) is 5. The summed E-state index contributed by atoms with van der Waals surface area (Å²) in [7, 11) is 2.17. The predicted octanol–water partition coefficient (Wildman–Crippen LogP) is 4.75. The van der Waals surface area contributed by atoms with Crippen molar-refractivity contribution in [3.8, 4) is 0 Å². The highest BCUT2D eigenvalue weighted by Gasteiger charge is 2.15. The van der Waals surface area contributed by atoms with Gasteiger partial charge in [-0.05, 0) is 68.0 Å². The van der Waals surface area contributed by atoms with Gasteiger partial charge in [-0.15, -0.1) is 0 Å². The van der Waals surface area contributed by atoms with Crippen molar-refractivity contribution in [2.75, 3.05) is 99.2 Å². The lowest BCUT2D eigenvalue weighted by molar-refractivity contribution is -0.0247. The molecule has 8 nitrogen and oxygen atoms in total. The van der Waals surface area contributed by atoms with E-state index in [0.29, 0.717) is 18.3 Å². The molecule has 0 aromatic rings. The zero-order valence-corrected chi connectivity index (χ0v) is 25.2. The molecular weight excluding hydrogens is 478 g/mol. The van der Waals surface area contributed by atoms with E-state index in [0.717, 1.165) is 46.4 Å². The van der Waals surface area contributed by atoms with Gasteiger partial charge in [-0.3, -0.25) is 14.7 Å². The number of rotatable bonds is 10. The summed E-state index contributed by atoms with van der Waals surface area (Å²) >= 11 is 0. The van der Waals surface area contributed by atoms with Crippen LogP contribution in [-0.4, -0.2) is 142 Å². The molecule has 0 radical (unpaired) electrons. The quantitative estimate of drug-likeness (QED) is 0.388. The second-order valence-corrected chi connectivity index (χ2v) is 11.2. The number of likely N-dealkylation sites (tertiary alicyclic amines) is 1. The topological polar surface area (TPSA) is 43.9 Å². The van der Waals surface area contributed by atoms with Gasteiger partial charge in [-0.25, -0.2) is 0 Å². The summed E-state index contributed by atoms with van der Waals surface area (Å²) in [6, 6.07) is 0. The Morgan fingerprint density at radius 2 is 0.789 bits per heavy atom. The van der Waals surface area contributed by atoms with Gasteiger partial charge < -0.3 is 24.0 Å². The van der Waals surface area contributed by atoms with E-state index in [9.17, 15) is 0 Å². The number of piperidine rings is 1. The van der Waals surface area contributed by atoms with Crippen LogP contribution in [0.2, 0.25) is 0 Å². The van der Waals surface area contributed by atoms with E-state index in [1.165, 1.54) is 65.1 Å². The SMILES string of the molecule is C.C.CC(C)OCN1CCCCC1.CC(C)OCN1CCN(C)CC1.CCN1CCN(COC(C)C)CC1. The Kier molecular flexibility index (Phi) is 25.6. The maximum atomic E-state index is 5.56. The molecule has 3 rings (SSSR count). The average Bonchev–Trinajstić information content (AvgIpc) is 2.87. The van der Waals surface area contributed by atoms with Gasteiger partial charge in [-0.2, -0.15) is 0 Å². The Hall–Kier alpha value is -0.320. The van der Waals surface area contributed by atoms with E-state index in [-0.39, 0.29) is 14.9 Å². The fourth-order valence-electron chi connectivity index (χ4n) is 4.06. The van der Waals surface area contributed by atoms with Gasteiger partial charge in [0.1, 0.15) is 0 Å². The first-order chi connectivity index (χ1) is 17.2. The minimum absolute atomic E-state index is 0. The van der Waals surface area contributed by atoms with Crippen LogP contribution in [0, 0.1) is 0 Å². The Bertz CT molecular complexity index is 488. The fourth-order valence-corrected chi connectivity index (χ4v) is 4.06. The summed E-state index contributed by atoms with van der Waals surface area (Å²) in [5.41, 5.74) is 0. The average molecular weight is 548 g/mol. The van der Waals surface area contributed by atoms with Gasteiger partial charge in [-0.1, -0.05) is 28.2 Å². The number of piperazine rings is 2. The third-order valence-corrected chi connectivity index (χ3v) is 6.73. The second kappa shape index (κ2) is 24.5. The van der Waals surface area contributed by atoms with Crippen LogP contribution >= 0.6 is 0 Å². The first-order valence-electron chi connectivity index (χ1n) is 14.6. The normalized spacial score (nSPS) is 20.3. The van der Waals surface area contributed by atoms with Crippen molar-refractivity contribution in [1.82, 2.24) is 24.5 Å². The number of hydrogen-bond acceptors (Lipinski definition) is 8. The van der Waals surface area contributed by atoms with Crippen LogP contribution in [0.5, 0.6) is 0 Å². The molecule has 8 heteroatoms. The zero-order chi connectivity index (χ0) is 26.8. The van der Waals surface area contributed by atoms with Crippen LogP contribution in [0.3, 0.4) is 0 Å². The highest BCUT2D eigenvalue weighted by atomic mass is 16.5. The van der Waals surface area contributed by atoms with Crippen LogP contribution in [0.1, 0.15) is 82.6 Å². The van der Waals surface area contributed by atoms with Crippen molar-refractivity contribution in [2.24, 2.45) is 0 Å². The van der Waals surface area contributed by atoms with Crippen LogP contribution in [-0.2, 0) is 14.2 Å². The molecule has 38 heavy (non-hydrogen) atoms.